The van der Waals surface area contributed by atoms with E-state index in [4.69, 9.17) is 4.74 Å². The first-order valence-electron chi connectivity index (χ1n) is 8.22. The molecule has 2 rings (SSSR count). The van der Waals surface area contributed by atoms with Crippen LogP contribution in [0.4, 0.5) is 5.69 Å². The predicted octanol–water partition coefficient (Wildman–Crippen LogP) is 5.37. The van der Waals surface area contributed by atoms with Crippen LogP contribution in [-0.4, -0.2) is 13.2 Å². The molecule has 1 heterocycles. The fourth-order valence-electron chi connectivity index (χ4n) is 4.06. The summed E-state index contributed by atoms with van der Waals surface area (Å²) in [6.45, 7) is 11.7. The molecule has 0 saturated heterocycles. The van der Waals surface area contributed by atoms with Crippen LogP contribution in [0.3, 0.4) is 0 Å². The monoisotopic (exact) mass is 289 g/mol. The van der Waals surface area contributed by atoms with E-state index < -0.39 is 0 Å². The van der Waals surface area contributed by atoms with Gasteiger partial charge in [-0.25, -0.2) is 0 Å². The first-order valence-corrected chi connectivity index (χ1v) is 8.22. The highest BCUT2D eigenvalue weighted by molar-refractivity contribution is 5.60. The zero-order chi connectivity index (χ0) is 15.7. The summed E-state index contributed by atoms with van der Waals surface area (Å²) < 4.78 is 5.45. The van der Waals surface area contributed by atoms with Gasteiger partial charge in [-0.3, -0.25) is 0 Å². The smallest absolute Gasteiger partial charge is 0.119 e. The molecule has 118 valence electrons. The number of hydrogen-bond acceptors (Lipinski definition) is 2. The Kier molecular flexibility index (Phi) is 4.55. The van der Waals surface area contributed by atoms with Gasteiger partial charge in [0, 0.05) is 11.7 Å². The summed E-state index contributed by atoms with van der Waals surface area (Å²) in [5.41, 5.74) is 3.26. The van der Waals surface area contributed by atoms with Crippen molar-refractivity contribution in [3.05, 3.63) is 23.8 Å². The predicted molar refractivity (Wildman–Crippen MR) is 91.4 cm³/mol. The summed E-state index contributed by atoms with van der Waals surface area (Å²) in [5.74, 6) is 0.963. The topological polar surface area (TPSA) is 21.3 Å². The van der Waals surface area contributed by atoms with Crippen molar-refractivity contribution in [2.45, 2.75) is 71.8 Å². The van der Waals surface area contributed by atoms with E-state index in [-0.39, 0.29) is 5.41 Å². The Bertz CT molecular complexity index is 489. The molecule has 2 atom stereocenters. The minimum Gasteiger partial charge on any atom is -0.497 e. The Hall–Kier alpha value is -1.18. The number of benzene rings is 1. The van der Waals surface area contributed by atoms with E-state index in [0.29, 0.717) is 11.5 Å². The first kappa shape index (κ1) is 16.2. The van der Waals surface area contributed by atoms with Crippen LogP contribution >= 0.6 is 0 Å². The minimum absolute atomic E-state index is 0.215. The molecule has 0 spiro atoms. The zero-order valence-electron chi connectivity index (χ0n) is 14.5. The normalized spacial score (nSPS) is 25.1. The largest absolute Gasteiger partial charge is 0.497 e. The Labute approximate surface area is 130 Å². The number of ether oxygens (including phenoxy) is 1. The fourth-order valence-corrected chi connectivity index (χ4v) is 4.06. The van der Waals surface area contributed by atoms with Crippen LogP contribution < -0.4 is 10.1 Å². The average Bonchev–Trinajstić information content (AvgIpc) is 2.36. The van der Waals surface area contributed by atoms with Gasteiger partial charge in [-0.05, 0) is 53.9 Å². The van der Waals surface area contributed by atoms with Crippen molar-refractivity contribution in [1.29, 1.82) is 0 Å². The van der Waals surface area contributed by atoms with Crippen molar-refractivity contribution >= 4 is 5.69 Å². The second kappa shape index (κ2) is 5.90. The molecule has 1 aromatic carbocycles. The van der Waals surface area contributed by atoms with Gasteiger partial charge >= 0.3 is 0 Å². The number of methoxy groups -OCH3 is 1. The highest BCUT2D eigenvalue weighted by Crippen LogP contribution is 2.47. The molecule has 1 aromatic rings. The second-order valence-electron chi connectivity index (χ2n) is 8.04. The lowest BCUT2D eigenvalue weighted by Crippen LogP contribution is -2.40. The molecule has 0 aliphatic carbocycles. The molecular weight excluding hydrogens is 258 g/mol. The molecule has 1 aliphatic heterocycles. The van der Waals surface area contributed by atoms with Crippen molar-refractivity contribution in [2.75, 3.05) is 12.4 Å². The van der Waals surface area contributed by atoms with E-state index >= 15 is 0 Å². The molecule has 21 heavy (non-hydrogen) atoms. The molecule has 0 fully saturated rings. The van der Waals surface area contributed by atoms with E-state index in [1.807, 2.05) is 0 Å². The van der Waals surface area contributed by atoms with Gasteiger partial charge in [0.2, 0.25) is 0 Å². The van der Waals surface area contributed by atoms with Crippen molar-refractivity contribution in [3.8, 4) is 5.75 Å². The number of rotatable bonds is 4. The van der Waals surface area contributed by atoms with E-state index in [0.717, 1.165) is 5.75 Å². The van der Waals surface area contributed by atoms with Gasteiger partial charge in [0.15, 0.2) is 0 Å². The third-order valence-corrected chi connectivity index (χ3v) is 4.49. The first-order chi connectivity index (χ1) is 9.77. The third kappa shape index (κ3) is 3.72. The molecule has 0 saturated carbocycles. The van der Waals surface area contributed by atoms with Crippen LogP contribution in [0.2, 0.25) is 0 Å². The molecular formula is C19H31NO. The van der Waals surface area contributed by atoms with Crippen LogP contribution in [0, 0.1) is 5.41 Å². The van der Waals surface area contributed by atoms with Crippen molar-refractivity contribution in [1.82, 2.24) is 0 Å². The van der Waals surface area contributed by atoms with E-state index in [2.05, 4.69) is 58.1 Å². The average molecular weight is 289 g/mol. The molecule has 0 aromatic heterocycles. The minimum atomic E-state index is 0.215. The lowest BCUT2D eigenvalue weighted by molar-refractivity contribution is 0.238. The van der Waals surface area contributed by atoms with Crippen LogP contribution in [0.5, 0.6) is 5.75 Å². The Morgan fingerprint density at radius 3 is 2.62 bits per heavy atom. The second-order valence-corrected chi connectivity index (χ2v) is 8.04. The Morgan fingerprint density at radius 1 is 1.33 bits per heavy atom. The van der Waals surface area contributed by atoms with E-state index in [9.17, 15) is 0 Å². The van der Waals surface area contributed by atoms with Gasteiger partial charge in [0.1, 0.15) is 5.75 Å². The van der Waals surface area contributed by atoms with Gasteiger partial charge in [-0.15, -0.1) is 0 Å². The summed E-state index contributed by atoms with van der Waals surface area (Å²) in [6.07, 6.45) is 4.88. The maximum absolute atomic E-state index is 5.45. The summed E-state index contributed by atoms with van der Waals surface area (Å²) in [5, 5.41) is 3.73. The van der Waals surface area contributed by atoms with Crippen LogP contribution in [0.25, 0.3) is 0 Å². The summed E-state index contributed by atoms with van der Waals surface area (Å²) >= 11 is 0. The van der Waals surface area contributed by atoms with Gasteiger partial charge in [-0.2, -0.15) is 0 Å². The Balaban J connectivity index is 2.42. The molecule has 0 bridgehead atoms. The maximum atomic E-state index is 5.45. The molecule has 1 N–H and O–H groups in total. The molecule has 1 aliphatic rings. The van der Waals surface area contributed by atoms with Gasteiger partial charge in [0.25, 0.3) is 0 Å². The number of hydrogen-bond donors (Lipinski definition) is 1. The maximum Gasteiger partial charge on any atom is 0.119 e. The standard InChI is InChI=1S/C19H31NO/c1-7-8-14-12-19(5,13-18(2,3)4)16-11-15(21-6)9-10-17(16)20-14/h9-11,14,20H,7-8,12-13H2,1-6H3/t14-,19+/m0/s1. The number of nitrogens with one attached hydrogen (secondary N) is 1. The Morgan fingerprint density at radius 2 is 2.05 bits per heavy atom. The molecule has 2 heteroatoms. The number of fused-ring (bicyclic) bond motifs is 1. The number of anilines is 1. The molecule has 0 amide bonds. The quantitative estimate of drug-likeness (QED) is 0.804. The van der Waals surface area contributed by atoms with Crippen LogP contribution in [-0.2, 0) is 5.41 Å². The van der Waals surface area contributed by atoms with Gasteiger partial charge in [0.05, 0.1) is 7.11 Å². The SMILES string of the molecule is CCC[C@H]1C[C@](C)(CC(C)(C)C)c2cc(OC)ccc2N1. The molecule has 2 nitrogen and oxygen atoms in total. The highest BCUT2D eigenvalue weighted by Gasteiger charge is 2.39. The summed E-state index contributed by atoms with van der Waals surface area (Å²) in [4.78, 5) is 0. The van der Waals surface area contributed by atoms with Crippen LogP contribution in [0.1, 0.15) is 65.9 Å². The summed E-state index contributed by atoms with van der Waals surface area (Å²) in [6, 6.07) is 7.08. The zero-order valence-corrected chi connectivity index (χ0v) is 14.5. The molecule has 0 radical (unpaired) electrons. The van der Waals surface area contributed by atoms with E-state index in [1.54, 1.807) is 7.11 Å². The van der Waals surface area contributed by atoms with Crippen molar-refractivity contribution in [3.63, 3.8) is 0 Å². The fraction of sp³-hybridized carbons (Fsp3) is 0.684. The van der Waals surface area contributed by atoms with Gasteiger partial charge < -0.3 is 10.1 Å². The van der Waals surface area contributed by atoms with Crippen LogP contribution in [0.15, 0.2) is 18.2 Å². The lowest BCUT2D eigenvalue weighted by Gasteiger charge is -2.44. The highest BCUT2D eigenvalue weighted by atomic mass is 16.5. The lowest BCUT2D eigenvalue weighted by atomic mass is 9.65. The van der Waals surface area contributed by atoms with Gasteiger partial charge in [-0.1, -0.05) is 41.0 Å². The molecule has 0 unspecified atom stereocenters. The summed E-state index contributed by atoms with van der Waals surface area (Å²) in [7, 11) is 1.75. The van der Waals surface area contributed by atoms with Crippen molar-refractivity contribution < 1.29 is 4.74 Å². The van der Waals surface area contributed by atoms with Crippen molar-refractivity contribution in [2.24, 2.45) is 5.41 Å². The third-order valence-electron chi connectivity index (χ3n) is 4.49. The van der Waals surface area contributed by atoms with E-state index in [1.165, 1.54) is 36.9 Å².